The average molecular weight is 449 g/mol. The van der Waals surface area contributed by atoms with E-state index in [2.05, 4.69) is 5.32 Å². The number of sulfonamides is 1. The fourth-order valence-electron chi connectivity index (χ4n) is 3.38. The Hall–Kier alpha value is -2.58. The molecule has 1 N–H and O–H groups in total. The van der Waals surface area contributed by atoms with Gasteiger partial charge in [0.25, 0.3) is 0 Å². The molecule has 0 aliphatic heterocycles. The molecule has 170 valence electrons. The van der Waals surface area contributed by atoms with E-state index in [4.69, 9.17) is 9.47 Å². The average Bonchev–Trinajstić information content (AvgIpc) is 2.75. The van der Waals surface area contributed by atoms with Crippen LogP contribution in [0, 0.1) is 6.92 Å². The third-order valence-corrected chi connectivity index (χ3v) is 7.03. The minimum atomic E-state index is -3.56. The van der Waals surface area contributed by atoms with Gasteiger partial charge in [-0.3, -0.25) is 4.79 Å². The molecule has 0 fully saturated rings. The van der Waals surface area contributed by atoms with Gasteiger partial charge in [0.05, 0.1) is 25.2 Å². The van der Waals surface area contributed by atoms with E-state index in [1.54, 1.807) is 19.2 Å². The zero-order chi connectivity index (χ0) is 23.2. The normalized spacial score (nSPS) is 12.5. The summed E-state index contributed by atoms with van der Waals surface area (Å²) in [6, 6.07) is 10.5. The smallest absolute Gasteiger partial charge is 0.242 e. The fraction of sp³-hybridized carbons (Fsp3) is 0.435. The van der Waals surface area contributed by atoms with Crippen LogP contribution in [0.4, 0.5) is 0 Å². The monoisotopic (exact) mass is 448 g/mol. The summed E-state index contributed by atoms with van der Waals surface area (Å²) in [5.41, 5.74) is 2.70. The van der Waals surface area contributed by atoms with E-state index in [0.29, 0.717) is 17.7 Å². The molecular weight excluding hydrogens is 416 g/mol. The quantitative estimate of drug-likeness (QED) is 0.602. The van der Waals surface area contributed by atoms with E-state index in [-0.39, 0.29) is 23.3 Å². The number of carbonyl (C=O) groups is 1. The van der Waals surface area contributed by atoms with Crippen molar-refractivity contribution in [2.45, 2.75) is 44.0 Å². The van der Waals surface area contributed by atoms with Gasteiger partial charge in [-0.05, 0) is 60.7 Å². The van der Waals surface area contributed by atoms with Gasteiger partial charge < -0.3 is 14.8 Å². The summed E-state index contributed by atoms with van der Waals surface area (Å²) in [7, 11) is 2.56. The highest BCUT2D eigenvalue weighted by Crippen LogP contribution is 2.26. The Balaban J connectivity index is 2.13. The van der Waals surface area contributed by atoms with Gasteiger partial charge in [-0.1, -0.05) is 19.1 Å². The fourth-order valence-corrected chi connectivity index (χ4v) is 4.33. The van der Waals surface area contributed by atoms with Crippen molar-refractivity contribution in [2.24, 2.45) is 0 Å². The summed E-state index contributed by atoms with van der Waals surface area (Å²) in [6.45, 7) is 3.99. The topological polar surface area (TPSA) is 84.9 Å². The number of aryl methyl sites for hydroxylation is 2. The van der Waals surface area contributed by atoms with Crippen molar-refractivity contribution in [3.05, 3.63) is 53.1 Å². The number of hydrogen-bond donors (Lipinski definition) is 1. The van der Waals surface area contributed by atoms with Gasteiger partial charge in [0.15, 0.2) is 0 Å². The number of hydrogen-bond acceptors (Lipinski definition) is 5. The van der Waals surface area contributed by atoms with Crippen molar-refractivity contribution in [3.8, 4) is 11.5 Å². The van der Waals surface area contributed by atoms with Crippen LogP contribution in [-0.4, -0.2) is 46.9 Å². The number of carbonyl (C=O) groups excluding carboxylic acids is 1. The second-order valence-corrected chi connectivity index (χ2v) is 9.67. The third kappa shape index (κ3) is 5.98. The predicted molar refractivity (Wildman–Crippen MR) is 121 cm³/mol. The first-order valence-electron chi connectivity index (χ1n) is 10.2. The Labute approximate surface area is 185 Å². The highest BCUT2D eigenvalue weighted by atomic mass is 32.2. The summed E-state index contributed by atoms with van der Waals surface area (Å²) in [5.74, 6) is 1.26. The maximum absolute atomic E-state index is 12.7. The standard InChI is InChI=1S/C23H32N2O5S/c1-7-20(17-8-11-21(29-5)16(2)14-17)24-23(26)13-9-18-15-19(10-12-22(18)30-6)31(27,28)25(3)4/h8,10-12,14-15,20H,7,9,13H2,1-6H3,(H,24,26). The molecular formula is C23H32N2O5S. The minimum absolute atomic E-state index is 0.108. The molecule has 1 unspecified atom stereocenters. The van der Waals surface area contributed by atoms with Gasteiger partial charge in [0, 0.05) is 20.5 Å². The molecule has 0 saturated carbocycles. The van der Waals surface area contributed by atoms with E-state index >= 15 is 0 Å². The van der Waals surface area contributed by atoms with Crippen LogP contribution in [0.3, 0.4) is 0 Å². The minimum Gasteiger partial charge on any atom is -0.496 e. The predicted octanol–water partition coefficient (Wildman–Crippen LogP) is 3.46. The molecule has 0 aliphatic rings. The first-order valence-corrected chi connectivity index (χ1v) is 11.6. The lowest BCUT2D eigenvalue weighted by molar-refractivity contribution is -0.121. The summed E-state index contributed by atoms with van der Waals surface area (Å²) >= 11 is 0. The molecule has 2 aromatic rings. The van der Waals surface area contributed by atoms with Gasteiger partial charge >= 0.3 is 0 Å². The van der Waals surface area contributed by atoms with Crippen LogP contribution in [0.15, 0.2) is 41.3 Å². The van der Waals surface area contributed by atoms with Gasteiger partial charge in [-0.15, -0.1) is 0 Å². The lowest BCUT2D eigenvalue weighted by Crippen LogP contribution is -2.28. The van der Waals surface area contributed by atoms with Crippen molar-refractivity contribution in [1.29, 1.82) is 0 Å². The zero-order valence-corrected chi connectivity index (χ0v) is 19.9. The zero-order valence-electron chi connectivity index (χ0n) is 19.1. The molecule has 2 aromatic carbocycles. The Kier molecular flexibility index (Phi) is 8.47. The van der Waals surface area contributed by atoms with Crippen LogP contribution in [-0.2, 0) is 21.2 Å². The van der Waals surface area contributed by atoms with Crippen molar-refractivity contribution in [3.63, 3.8) is 0 Å². The first-order chi connectivity index (χ1) is 14.6. The van der Waals surface area contributed by atoms with Crippen LogP contribution in [0.25, 0.3) is 0 Å². The van der Waals surface area contributed by atoms with E-state index in [1.807, 2.05) is 32.0 Å². The molecule has 0 aromatic heterocycles. The van der Waals surface area contributed by atoms with E-state index in [1.165, 1.54) is 27.3 Å². The molecule has 0 radical (unpaired) electrons. The van der Waals surface area contributed by atoms with Gasteiger partial charge in [-0.25, -0.2) is 12.7 Å². The number of benzene rings is 2. The van der Waals surface area contributed by atoms with Crippen LogP contribution in [0.2, 0.25) is 0 Å². The molecule has 0 saturated heterocycles. The second kappa shape index (κ2) is 10.6. The number of amides is 1. The van der Waals surface area contributed by atoms with Crippen LogP contribution in [0.1, 0.15) is 42.5 Å². The van der Waals surface area contributed by atoms with Gasteiger partial charge in [0.1, 0.15) is 11.5 Å². The summed E-state index contributed by atoms with van der Waals surface area (Å²) in [4.78, 5) is 12.8. The first kappa shape index (κ1) is 24.7. The summed E-state index contributed by atoms with van der Waals surface area (Å²) < 4.78 is 36.7. The van der Waals surface area contributed by atoms with Crippen LogP contribution < -0.4 is 14.8 Å². The maximum Gasteiger partial charge on any atom is 0.242 e. The maximum atomic E-state index is 12.7. The number of ether oxygens (including phenoxy) is 2. The number of nitrogens with zero attached hydrogens (tertiary/aromatic N) is 1. The SMILES string of the molecule is CCC(NC(=O)CCc1cc(S(=O)(=O)N(C)C)ccc1OC)c1ccc(OC)c(C)c1. The largest absolute Gasteiger partial charge is 0.496 e. The Morgan fingerprint density at radius 3 is 2.26 bits per heavy atom. The number of methoxy groups -OCH3 is 2. The van der Waals surface area contributed by atoms with Crippen LogP contribution >= 0.6 is 0 Å². The molecule has 0 bridgehead atoms. The van der Waals surface area contributed by atoms with Gasteiger partial charge in [0.2, 0.25) is 15.9 Å². The Morgan fingerprint density at radius 2 is 1.71 bits per heavy atom. The van der Waals surface area contributed by atoms with E-state index < -0.39 is 10.0 Å². The molecule has 0 heterocycles. The molecule has 0 spiro atoms. The van der Waals surface area contributed by atoms with Crippen molar-refractivity contribution in [2.75, 3.05) is 28.3 Å². The molecule has 0 aliphatic carbocycles. The molecule has 7 nitrogen and oxygen atoms in total. The second-order valence-electron chi connectivity index (χ2n) is 7.52. The highest BCUT2D eigenvalue weighted by molar-refractivity contribution is 7.89. The number of nitrogens with one attached hydrogen (secondary N) is 1. The lowest BCUT2D eigenvalue weighted by Gasteiger charge is -2.19. The third-order valence-electron chi connectivity index (χ3n) is 5.22. The van der Waals surface area contributed by atoms with Crippen molar-refractivity contribution in [1.82, 2.24) is 9.62 Å². The molecule has 1 amide bonds. The molecule has 1 atom stereocenters. The van der Waals surface area contributed by atoms with Crippen LogP contribution in [0.5, 0.6) is 11.5 Å². The van der Waals surface area contributed by atoms with Crippen molar-refractivity contribution < 1.29 is 22.7 Å². The summed E-state index contributed by atoms with van der Waals surface area (Å²) in [5, 5.41) is 3.07. The Bertz CT molecular complexity index is 1020. The van der Waals surface area contributed by atoms with Crippen molar-refractivity contribution >= 4 is 15.9 Å². The molecule has 2 rings (SSSR count). The Morgan fingerprint density at radius 1 is 1.06 bits per heavy atom. The van der Waals surface area contributed by atoms with Gasteiger partial charge in [-0.2, -0.15) is 0 Å². The van der Waals surface area contributed by atoms with E-state index in [9.17, 15) is 13.2 Å². The molecule has 8 heteroatoms. The van der Waals surface area contributed by atoms with E-state index in [0.717, 1.165) is 27.6 Å². The number of rotatable bonds is 10. The summed E-state index contributed by atoms with van der Waals surface area (Å²) in [6.07, 6.45) is 1.33. The lowest BCUT2D eigenvalue weighted by atomic mass is 10.0. The highest BCUT2D eigenvalue weighted by Gasteiger charge is 2.20. The molecule has 31 heavy (non-hydrogen) atoms.